The maximum Gasteiger partial charge on any atom is 0.387 e. The molecule has 1 fully saturated rings. The third-order valence-corrected chi connectivity index (χ3v) is 3.59. The van der Waals surface area contributed by atoms with Crippen molar-refractivity contribution in [2.75, 3.05) is 19.0 Å². The van der Waals surface area contributed by atoms with Crippen LogP contribution in [0.5, 0.6) is 11.5 Å². The van der Waals surface area contributed by atoms with Crippen LogP contribution in [0, 0.1) is 0 Å². The third kappa shape index (κ3) is 4.46. The van der Waals surface area contributed by atoms with Crippen molar-refractivity contribution in [3.8, 4) is 11.5 Å². The van der Waals surface area contributed by atoms with Crippen LogP contribution < -0.4 is 14.8 Å². The molecule has 1 saturated heterocycles. The van der Waals surface area contributed by atoms with Crippen molar-refractivity contribution < 1.29 is 23.0 Å². The smallest absolute Gasteiger partial charge is 0.387 e. The van der Waals surface area contributed by atoms with Gasteiger partial charge in [-0.3, -0.25) is 0 Å². The molecule has 0 aliphatic carbocycles. The van der Waals surface area contributed by atoms with Gasteiger partial charge in [0.1, 0.15) is 11.5 Å². The van der Waals surface area contributed by atoms with E-state index in [2.05, 4.69) is 17.0 Å². The molecule has 0 radical (unpaired) electrons. The summed E-state index contributed by atoms with van der Waals surface area (Å²) in [7, 11) is 1.54. The van der Waals surface area contributed by atoms with Gasteiger partial charge in [-0.15, -0.1) is 0 Å². The number of rotatable bonds is 6. The van der Waals surface area contributed by atoms with Gasteiger partial charge in [-0.05, 0) is 31.4 Å². The van der Waals surface area contributed by atoms with Crippen LogP contribution in [-0.4, -0.2) is 32.5 Å². The Morgan fingerprint density at radius 2 is 2.24 bits per heavy atom. The second-order valence-electron chi connectivity index (χ2n) is 5.01. The lowest BCUT2D eigenvalue weighted by molar-refractivity contribution is -0.0495. The van der Waals surface area contributed by atoms with Gasteiger partial charge in [0.2, 0.25) is 0 Å². The Labute approximate surface area is 123 Å². The second kappa shape index (κ2) is 7.45. The quantitative estimate of drug-likeness (QED) is 0.870. The molecule has 1 N–H and O–H groups in total. The number of alkyl halides is 2. The first-order valence-corrected chi connectivity index (χ1v) is 7.13. The lowest BCUT2D eigenvalue weighted by atomic mass is 10.0. The van der Waals surface area contributed by atoms with Gasteiger partial charge in [0.15, 0.2) is 0 Å². The second-order valence-corrected chi connectivity index (χ2v) is 5.01. The van der Waals surface area contributed by atoms with Gasteiger partial charge < -0.3 is 19.5 Å². The van der Waals surface area contributed by atoms with Crippen molar-refractivity contribution in [1.29, 1.82) is 0 Å². The molecule has 0 aromatic heterocycles. The van der Waals surface area contributed by atoms with Crippen molar-refractivity contribution in [3.63, 3.8) is 0 Å². The summed E-state index contributed by atoms with van der Waals surface area (Å²) in [5.74, 6) is 0.726. The minimum atomic E-state index is -2.85. The number of anilines is 1. The van der Waals surface area contributed by atoms with E-state index in [0.717, 1.165) is 19.3 Å². The van der Waals surface area contributed by atoms with E-state index < -0.39 is 6.61 Å². The van der Waals surface area contributed by atoms with Crippen LogP contribution in [-0.2, 0) is 4.74 Å². The highest BCUT2D eigenvalue weighted by Crippen LogP contribution is 2.32. The van der Waals surface area contributed by atoms with Gasteiger partial charge in [0.05, 0.1) is 18.9 Å². The van der Waals surface area contributed by atoms with Gasteiger partial charge in [-0.1, -0.05) is 6.92 Å². The summed E-state index contributed by atoms with van der Waals surface area (Å²) < 4.78 is 40.3. The Bertz CT molecular complexity index is 457. The number of methoxy groups -OCH3 is 1. The van der Waals surface area contributed by atoms with Crippen molar-refractivity contribution in [2.45, 2.75) is 44.9 Å². The van der Waals surface area contributed by atoms with Crippen molar-refractivity contribution in [3.05, 3.63) is 18.2 Å². The number of hydrogen-bond acceptors (Lipinski definition) is 4. The number of ether oxygens (including phenoxy) is 3. The van der Waals surface area contributed by atoms with Crippen LogP contribution in [0.2, 0.25) is 0 Å². The van der Waals surface area contributed by atoms with E-state index in [1.165, 1.54) is 13.2 Å². The topological polar surface area (TPSA) is 39.7 Å². The predicted octanol–water partition coefficient (Wildman–Crippen LogP) is 3.67. The molecule has 1 aromatic rings. The maximum atomic E-state index is 12.5. The van der Waals surface area contributed by atoms with Gasteiger partial charge in [0, 0.05) is 18.7 Å². The zero-order valence-corrected chi connectivity index (χ0v) is 12.3. The summed E-state index contributed by atoms with van der Waals surface area (Å²) in [6.07, 6.45) is 2.83. The Morgan fingerprint density at radius 1 is 1.43 bits per heavy atom. The third-order valence-electron chi connectivity index (χ3n) is 3.59. The number of benzene rings is 1. The Balaban J connectivity index is 2.12. The van der Waals surface area contributed by atoms with Gasteiger partial charge >= 0.3 is 6.61 Å². The normalized spacial score (nSPS) is 22.1. The molecule has 0 amide bonds. The van der Waals surface area contributed by atoms with Gasteiger partial charge in [-0.25, -0.2) is 0 Å². The summed E-state index contributed by atoms with van der Waals surface area (Å²) in [4.78, 5) is 0. The molecule has 1 aliphatic rings. The van der Waals surface area contributed by atoms with Crippen molar-refractivity contribution in [2.24, 2.45) is 0 Å². The minimum absolute atomic E-state index is 0.130. The summed E-state index contributed by atoms with van der Waals surface area (Å²) in [5.41, 5.74) is 0.524. The molecule has 0 spiro atoms. The Kier molecular flexibility index (Phi) is 5.61. The van der Waals surface area contributed by atoms with Crippen LogP contribution in [0.3, 0.4) is 0 Å². The molecule has 6 heteroatoms. The molecule has 2 atom stereocenters. The lowest BCUT2D eigenvalue weighted by Crippen LogP contribution is -2.33. The fraction of sp³-hybridized carbons (Fsp3) is 0.600. The average Bonchev–Trinajstić information content (AvgIpc) is 2.48. The van der Waals surface area contributed by atoms with Crippen LogP contribution >= 0.6 is 0 Å². The molecular formula is C15H21F2NO3. The van der Waals surface area contributed by atoms with E-state index in [-0.39, 0.29) is 17.9 Å². The Hall–Kier alpha value is -1.56. The highest BCUT2D eigenvalue weighted by molar-refractivity contribution is 5.60. The van der Waals surface area contributed by atoms with E-state index in [0.29, 0.717) is 18.0 Å². The van der Waals surface area contributed by atoms with Crippen LogP contribution in [0.4, 0.5) is 14.5 Å². The highest BCUT2D eigenvalue weighted by Gasteiger charge is 2.22. The predicted molar refractivity (Wildman–Crippen MR) is 76.3 cm³/mol. The molecule has 2 unspecified atom stereocenters. The molecule has 1 heterocycles. The summed E-state index contributed by atoms with van der Waals surface area (Å²) >= 11 is 0. The lowest BCUT2D eigenvalue weighted by Gasteiger charge is -2.30. The first-order valence-electron chi connectivity index (χ1n) is 7.13. The molecular weight excluding hydrogens is 280 g/mol. The number of hydrogen-bond donors (Lipinski definition) is 1. The fourth-order valence-electron chi connectivity index (χ4n) is 2.46. The standard InChI is InChI=1S/C15H21F2NO3/c1-3-11-8-10(6-7-20-11)18-13-9-12(19-2)4-5-14(13)21-15(16)17/h4-5,9-11,15,18H,3,6-8H2,1-2H3. The molecule has 1 aliphatic heterocycles. The van der Waals surface area contributed by atoms with Crippen molar-refractivity contribution >= 4 is 5.69 Å². The molecule has 118 valence electrons. The highest BCUT2D eigenvalue weighted by atomic mass is 19.3. The van der Waals surface area contributed by atoms with E-state index in [9.17, 15) is 8.78 Å². The van der Waals surface area contributed by atoms with Crippen molar-refractivity contribution in [1.82, 2.24) is 0 Å². The van der Waals surface area contributed by atoms with E-state index >= 15 is 0 Å². The molecule has 1 aromatic carbocycles. The van der Waals surface area contributed by atoms with Crippen LogP contribution in [0.15, 0.2) is 18.2 Å². The molecule has 0 bridgehead atoms. The first-order chi connectivity index (χ1) is 10.1. The monoisotopic (exact) mass is 301 g/mol. The first kappa shape index (κ1) is 15.8. The zero-order valence-electron chi connectivity index (χ0n) is 12.3. The largest absolute Gasteiger partial charge is 0.497 e. The summed E-state index contributed by atoms with van der Waals surface area (Å²) in [6.45, 7) is -0.105. The number of halogens is 2. The molecule has 0 saturated carbocycles. The van der Waals surface area contributed by atoms with Crippen LogP contribution in [0.1, 0.15) is 26.2 Å². The van der Waals surface area contributed by atoms with Crippen LogP contribution in [0.25, 0.3) is 0 Å². The zero-order chi connectivity index (χ0) is 15.2. The average molecular weight is 301 g/mol. The SMILES string of the molecule is CCC1CC(Nc2cc(OC)ccc2OC(F)F)CCO1. The van der Waals surface area contributed by atoms with E-state index in [1.807, 2.05) is 0 Å². The fourth-order valence-corrected chi connectivity index (χ4v) is 2.46. The van der Waals surface area contributed by atoms with E-state index in [4.69, 9.17) is 9.47 Å². The van der Waals surface area contributed by atoms with Gasteiger partial charge in [0.25, 0.3) is 0 Å². The minimum Gasteiger partial charge on any atom is -0.497 e. The summed E-state index contributed by atoms with van der Waals surface area (Å²) in [6, 6.07) is 4.94. The Morgan fingerprint density at radius 3 is 2.90 bits per heavy atom. The van der Waals surface area contributed by atoms with E-state index in [1.54, 1.807) is 12.1 Å². The molecule has 21 heavy (non-hydrogen) atoms. The molecule has 2 rings (SSSR count). The maximum absolute atomic E-state index is 12.5. The number of nitrogens with one attached hydrogen (secondary N) is 1. The summed E-state index contributed by atoms with van der Waals surface area (Å²) in [5, 5.41) is 3.28. The molecule has 4 nitrogen and oxygen atoms in total. The van der Waals surface area contributed by atoms with Gasteiger partial charge in [-0.2, -0.15) is 8.78 Å².